The van der Waals surface area contributed by atoms with E-state index >= 15 is 0 Å². The maximum absolute atomic E-state index is 5.73. The lowest BCUT2D eigenvalue weighted by Crippen LogP contribution is -2.56. The Balaban J connectivity index is 0.00000264. The molecule has 0 spiro atoms. The number of ether oxygens (including phenoxy) is 1. The second kappa shape index (κ2) is 10.7. The first-order valence-electron chi connectivity index (χ1n) is 8.60. The highest BCUT2D eigenvalue weighted by atomic mass is 127. The molecule has 0 saturated carbocycles. The number of nitrogens with one attached hydrogen (secondary N) is 1. The van der Waals surface area contributed by atoms with Crippen molar-refractivity contribution in [2.45, 2.75) is 31.9 Å². The monoisotopic (exact) mass is 439 g/mol. The molecule has 0 radical (unpaired) electrons. The fourth-order valence-corrected chi connectivity index (χ4v) is 3.33. The molecule has 2 fully saturated rings. The third kappa shape index (κ3) is 6.36. The summed E-state index contributed by atoms with van der Waals surface area (Å²) in [6, 6.07) is 0.552. The quantitative estimate of drug-likeness (QED) is 0.401. The van der Waals surface area contributed by atoms with Gasteiger partial charge in [-0.25, -0.2) is 0 Å². The van der Waals surface area contributed by atoms with E-state index in [1.165, 1.54) is 0 Å². The van der Waals surface area contributed by atoms with E-state index in [9.17, 15) is 0 Å². The summed E-state index contributed by atoms with van der Waals surface area (Å²) < 4.78 is 5.73. The molecule has 0 aromatic heterocycles. The normalized spacial score (nSPS) is 25.3. The third-order valence-corrected chi connectivity index (χ3v) is 4.83. The van der Waals surface area contributed by atoms with Crippen LogP contribution in [0.2, 0.25) is 0 Å². The molecule has 7 heteroatoms. The van der Waals surface area contributed by atoms with Gasteiger partial charge < -0.3 is 19.9 Å². The summed E-state index contributed by atoms with van der Waals surface area (Å²) >= 11 is 0. The maximum Gasteiger partial charge on any atom is 0.193 e. The van der Waals surface area contributed by atoms with Gasteiger partial charge in [-0.05, 0) is 33.9 Å². The van der Waals surface area contributed by atoms with E-state index in [0.717, 1.165) is 64.7 Å². The van der Waals surface area contributed by atoms with Crippen molar-refractivity contribution >= 4 is 29.9 Å². The Labute approximate surface area is 158 Å². The predicted molar refractivity (Wildman–Crippen MR) is 107 cm³/mol. The molecule has 0 aromatic carbocycles. The number of rotatable bonds is 4. The second-order valence-electron chi connectivity index (χ2n) is 6.47. The van der Waals surface area contributed by atoms with Gasteiger partial charge >= 0.3 is 0 Å². The first kappa shape index (κ1) is 20.9. The van der Waals surface area contributed by atoms with Gasteiger partial charge in [-0.15, -0.1) is 24.0 Å². The number of likely N-dealkylation sites (N-methyl/N-ethyl adjacent to an activating group) is 2. The molecule has 6 nitrogen and oxygen atoms in total. The molecule has 1 unspecified atom stereocenters. The zero-order valence-corrected chi connectivity index (χ0v) is 17.5. The van der Waals surface area contributed by atoms with Crippen LogP contribution in [0.15, 0.2) is 4.99 Å². The minimum atomic E-state index is 0. The molecule has 2 aliphatic heterocycles. The van der Waals surface area contributed by atoms with E-state index in [0.29, 0.717) is 12.1 Å². The molecule has 1 N–H and O–H groups in total. The molecular weight excluding hydrogens is 405 g/mol. The Kier molecular flexibility index (Phi) is 9.72. The van der Waals surface area contributed by atoms with Crippen LogP contribution in [0.5, 0.6) is 0 Å². The van der Waals surface area contributed by atoms with Crippen molar-refractivity contribution in [1.82, 2.24) is 20.0 Å². The summed E-state index contributed by atoms with van der Waals surface area (Å²) in [5, 5.41) is 3.57. The average molecular weight is 439 g/mol. The topological polar surface area (TPSA) is 43.3 Å². The molecule has 2 saturated heterocycles. The fourth-order valence-electron chi connectivity index (χ4n) is 3.33. The maximum atomic E-state index is 5.73. The van der Waals surface area contributed by atoms with E-state index in [2.05, 4.69) is 46.0 Å². The molecular formula is C16H34IN5O. The molecule has 2 rings (SSSR count). The van der Waals surface area contributed by atoms with Gasteiger partial charge in [-0.1, -0.05) is 0 Å². The highest BCUT2D eigenvalue weighted by molar-refractivity contribution is 14.0. The molecule has 0 aliphatic carbocycles. The van der Waals surface area contributed by atoms with Gasteiger partial charge in [0.05, 0.1) is 6.10 Å². The Bertz CT molecular complexity index is 360. The summed E-state index contributed by atoms with van der Waals surface area (Å²) in [6.07, 6.45) is 2.62. The van der Waals surface area contributed by atoms with Crippen LogP contribution >= 0.6 is 24.0 Å². The van der Waals surface area contributed by atoms with Gasteiger partial charge in [0.1, 0.15) is 0 Å². The smallest absolute Gasteiger partial charge is 0.193 e. The van der Waals surface area contributed by atoms with Gasteiger partial charge in [0, 0.05) is 59.0 Å². The average Bonchev–Trinajstić information content (AvgIpc) is 2.53. The largest absolute Gasteiger partial charge is 0.378 e. The second-order valence-corrected chi connectivity index (χ2v) is 6.47. The zero-order valence-electron chi connectivity index (χ0n) is 15.1. The van der Waals surface area contributed by atoms with Gasteiger partial charge in [-0.3, -0.25) is 9.89 Å². The lowest BCUT2D eigenvalue weighted by molar-refractivity contribution is 0.0262. The Hall–Kier alpha value is -0.120. The number of nitrogens with zero attached hydrogens (tertiary/aromatic N) is 4. The van der Waals surface area contributed by atoms with Crippen LogP contribution in [-0.2, 0) is 4.74 Å². The molecule has 0 amide bonds. The lowest BCUT2D eigenvalue weighted by Gasteiger charge is -2.39. The predicted octanol–water partition coefficient (Wildman–Crippen LogP) is 0.927. The number of aliphatic imine (C=N–C) groups is 1. The number of piperidine rings is 1. The van der Waals surface area contributed by atoms with Crippen LogP contribution in [0.1, 0.15) is 19.8 Å². The first-order valence-corrected chi connectivity index (χ1v) is 8.60. The summed E-state index contributed by atoms with van der Waals surface area (Å²) in [7, 11) is 6.30. The van der Waals surface area contributed by atoms with Gasteiger partial charge in [0.15, 0.2) is 5.96 Å². The van der Waals surface area contributed by atoms with Gasteiger partial charge in [0.2, 0.25) is 0 Å². The molecule has 0 bridgehead atoms. The minimum Gasteiger partial charge on any atom is -0.378 e. The minimum absolute atomic E-state index is 0. The standard InChI is InChI=1S/C16H33N5O.HI/c1-5-22-15-6-8-21(9-7-15)16(17-2)18-12-14-13-19(3)10-11-20(14)4;/h14-15H,5-13H2,1-4H3,(H,17,18);1H. The van der Waals surface area contributed by atoms with Crippen molar-refractivity contribution < 1.29 is 4.74 Å². The number of hydrogen-bond donors (Lipinski definition) is 1. The Morgan fingerprint density at radius 3 is 2.48 bits per heavy atom. The van der Waals surface area contributed by atoms with Crippen molar-refractivity contribution in [2.24, 2.45) is 4.99 Å². The fraction of sp³-hybridized carbons (Fsp3) is 0.938. The SMILES string of the molecule is CCOC1CCN(C(=NC)NCC2CN(C)CCN2C)CC1.I. The van der Waals surface area contributed by atoms with Crippen LogP contribution < -0.4 is 5.32 Å². The molecule has 1 atom stereocenters. The van der Waals surface area contributed by atoms with Gasteiger partial charge in [0.25, 0.3) is 0 Å². The number of hydrogen-bond acceptors (Lipinski definition) is 4. The molecule has 2 heterocycles. The van der Waals surface area contributed by atoms with E-state index < -0.39 is 0 Å². The summed E-state index contributed by atoms with van der Waals surface area (Å²) in [5.74, 6) is 1.04. The van der Waals surface area contributed by atoms with Gasteiger partial charge in [-0.2, -0.15) is 0 Å². The number of halogens is 1. The summed E-state index contributed by atoms with van der Waals surface area (Å²) in [4.78, 5) is 11.7. The van der Waals surface area contributed by atoms with Crippen LogP contribution in [0.4, 0.5) is 0 Å². The Morgan fingerprint density at radius 2 is 1.87 bits per heavy atom. The van der Waals surface area contributed by atoms with Crippen molar-refractivity contribution in [2.75, 3.05) is 67.0 Å². The number of guanidine groups is 1. The molecule has 136 valence electrons. The lowest BCUT2D eigenvalue weighted by atomic mass is 10.1. The van der Waals surface area contributed by atoms with Crippen molar-refractivity contribution in [3.05, 3.63) is 0 Å². The first-order chi connectivity index (χ1) is 10.6. The molecule has 2 aliphatic rings. The van der Waals surface area contributed by atoms with Crippen LogP contribution in [0.3, 0.4) is 0 Å². The number of piperazine rings is 1. The molecule has 23 heavy (non-hydrogen) atoms. The van der Waals surface area contributed by atoms with E-state index in [4.69, 9.17) is 4.74 Å². The van der Waals surface area contributed by atoms with E-state index in [1.54, 1.807) is 0 Å². The van der Waals surface area contributed by atoms with Crippen molar-refractivity contribution in [3.63, 3.8) is 0 Å². The highest BCUT2D eigenvalue weighted by Gasteiger charge is 2.25. The molecule has 0 aromatic rings. The summed E-state index contributed by atoms with van der Waals surface area (Å²) in [6.45, 7) is 9.33. The van der Waals surface area contributed by atoms with Crippen molar-refractivity contribution in [1.29, 1.82) is 0 Å². The zero-order chi connectivity index (χ0) is 15.9. The van der Waals surface area contributed by atoms with E-state index in [-0.39, 0.29) is 24.0 Å². The third-order valence-electron chi connectivity index (χ3n) is 4.83. The number of likely N-dealkylation sites (tertiary alicyclic amines) is 1. The van der Waals surface area contributed by atoms with Crippen LogP contribution in [0.25, 0.3) is 0 Å². The Morgan fingerprint density at radius 1 is 1.17 bits per heavy atom. The highest BCUT2D eigenvalue weighted by Crippen LogP contribution is 2.14. The summed E-state index contributed by atoms with van der Waals surface area (Å²) in [5.41, 5.74) is 0. The van der Waals surface area contributed by atoms with Crippen LogP contribution in [-0.4, -0.2) is 99.8 Å². The van der Waals surface area contributed by atoms with Crippen LogP contribution in [0, 0.1) is 0 Å². The van der Waals surface area contributed by atoms with Crippen molar-refractivity contribution in [3.8, 4) is 0 Å². The van der Waals surface area contributed by atoms with E-state index in [1.807, 2.05) is 7.05 Å².